The zero-order chi connectivity index (χ0) is 17.8. The van der Waals surface area contributed by atoms with E-state index in [4.69, 9.17) is 4.42 Å². The molecule has 2 heterocycles. The number of furan rings is 1. The number of aromatic nitrogens is 1. The highest BCUT2D eigenvalue weighted by molar-refractivity contribution is 7.98. The molecule has 0 N–H and O–H groups in total. The van der Waals surface area contributed by atoms with E-state index >= 15 is 0 Å². The molecule has 0 aliphatic rings. The molecule has 6 heteroatoms. The number of aryl methyl sites for hydroxylation is 1. The molecule has 0 saturated heterocycles. The molecular formula is C19H22N2O2S2. The molecule has 132 valence electrons. The van der Waals surface area contributed by atoms with Gasteiger partial charge in [0, 0.05) is 35.7 Å². The van der Waals surface area contributed by atoms with Gasteiger partial charge in [0.25, 0.3) is 0 Å². The van der Waals surface area contributed by atoms with Gasteiger partial charge in [-0.1, -0.05) is 18.2 Å². The van der Waals surface area contributed by atoms with Crippen molar-refractivity contribution in [3.05, 3.63) is 52.2 Å². The van der Waals surface area contributed by atoms with Crippen LogP contribution in [0.25, 0.3) is 11.0 Å². The average molecular weight is 375 g/mol. The third kappa shape index (κ3) is 4.44. The monoisotopic (exact) mass is 374 g/mol. The van der Waals surface area contributed by atoms with E-state index in [2.05, 4.69) is 10.4 Å². The maximum Gasteiger partial charge on any atom is 0.223 e. The third-order valence-electron chi connectivity index (χ3n) is 4.21. The SMILES string of the molecule is Cc1nc(CSCCC(=O)N(C)C(C)c2cc3ccccc3o2)cs1. The third-order valence-corrected chi connectivity index (χ3v) is 6.02. The van der Waals surface area contributed by atoms with Gasteiger partial charge in [-0.3, -0.25) is 4.79 Å². The predicted octanol–water partition coefficient (Wildman–Crippen LogP) is 5.04. The summed E-state index contributed by atoms with van der Waals surface area (Å²) in [5.41, 5.74) is 1.96. The van der Waals surface area contributed by atoms with Gasteiger partial charge in [-0.25, -0.2) is 4.98 Å². The first kappa shape index (κ1) is 18.0. The summed E-state index contributed by atoms with van der Waals surface area (Å²) in [7, 11) is 1.84. The maximum absolute atomic E-state index is 12.4. The van der Waals surface area contributed by atoms with Crippen LogP contribution in [0.1, 0.15) is 35.8 Å². The van der Waals surface area contributed by atoms with Crippen LogP contribution >= 0.6 is 23.1 Å². The molecule has 3 rings (SSSR count). The summed E-state index contributed by atoms with van der Waals surface area (Å²) >= 11 is 3.42. The summed E-state index contributed by atoms with van der Waals surface area (Å²) in [4.78, 5) is 18.7. The number of hydrogen-bond donors (Lipinski definition) is 0. The fourth-order valence-corrected chi connectivity index (χ4v) is 4.14. The summed E-state index contributed by atoms with van der Waals surface area (Å²) in [6.07, 6.45) is 0.523. The Kier molecular flexibility index (Phi) is 5.81. The summed E-state index contributed by atoms with van der Waals surface area (Å²) in [5, 5.41) is 4.24. The molecule has 0 radical (unpaired) electrons. The molecule has 0 aliphatic carbocycles. The lowest BCUT2D eigenvalue weighted by Gasteiger charge is -2.23. The highest BCUT2D eigenvalue weighted by Gasteiger charge is 2.20. The Balaban J connectivity index is 1.50. The molecule has 0 aliphatic heterocycles. The van der Waals surface area contributed by atoms with Gasteiger partial charge in [0.1, 0.15) is 11.3 Å². The number of carbonyl (C=O) groups excluding carboxylic acids is 1. The van der Waals surface area contributed by atoms with E-state index in [-0.39, 0.29) is 11.9 Å². The number of amides is 1. The van der Waals surface area contributed by atoms with Gasteiger partial charge >= 0.3 is 0 Å². The Morgan fingerprint density at radius 2 is 2.20 bits per heavy atom. The highest BCUT2D eigenvalue weighted by atomic mass is 32.2. The van der Waals surface area contributed by atoms with Crippen molar-refractivity contribution in [2.75, 3.05) is 12.8 Å². The Morgan fingerprint density at radius 1 is 1.40 bits per heavy atom. The fourth-order valence-electron chi connectivity index (χ4n) is 2.60. The van der Waals surface area contributed by atoms with Gasteiger partial charge in [-0.05, 0) is 26.0 Å². The van der Waals surface area contributed by atoms with Crippen molar-refractivity contribution in [3.8, 4) is 0 Å². The number of hydrogen-bond acceptors (Lipinski definition) is 5. The predicted molar refractivity (Wildman–Crippen MR) is 105 cm³/mol. The molecule has 0 bridgehead atoms. The minimum Gasteiger partial charge on any atom is -0.459 e. The molecular weight excluding hydrogens is 352 g/mol. The van der Waals surface area contributed by atoms with Crippen molar-refractivity contribution < 1.29 is 9.21 Å². The molecule has 3 aromatic rings. The zero-order valence-corrected chi connectivity index (χ0v) is 16.3. The topological polar surface area (TPSA) is 46.3 Å². The van der Waals surface area contributed by atoms with Crippen LogP contribution in [0.4, 0.5) is 0 Å². The second-order valence-corrected chi connectivity index (χ2v) is 8.20. The van der Waals surface area contributed by atoms with Gasteiger partial charge < -0.3 is 9.32 Å². The van der Waals surface area contributed by atoms with E-state index in [0.29, 0.717) is 6.42 Å². The summed E-state index contributed by atoms with van der Waals surface area (Å²) in [6, 6.07) is 9.85. The molecule has 0 spiro atoms. The molecule has 0 saturated carbocycles. The van der Waals surface area contributed by atoms with Crippen LogP contribution in [0.2, 0.25) is 0 Å². The first-order valence-corrected chi connectivity index (χ1v) is 10.3. The number of thiazole rings is 1. The van der Waals surface area contributed by atoms with Gasteiger partial charge in [0.2, 0.25) is 5.91 Å². The normalized spacial score (nSPS) is 12.4. The van der Waals surface area contributed by atoms with Crippen LogP contribution < -0.4 is 0 Å². The number of benzene rings is 1. The molecule has 1 aromatic carbocycles. The number of carbonyl (C=O) groups is 1. The van der Waals surface area contributed by atoms with E-state index in [1.807, 2.05) is 51.2 Å². The van der Waals surface area contributed by atoms with Crippen molar-refractivity contribution in [1.82, 2.24) is 9.88 Å². The Morgan fingerprint density at radius 3 is 2.92 bits per heavy atom. The minimum absolute atomic E-state index is 0.0777. The maximum atomic E-state index is 12.4. The van der Waals surface area contributed by atoms with Gasteiger partial charge in [0.15, 0.2) is 0 Å². The zero-order valence-electron chi connectivity index (χ0n) is 14.7. The fraction of sp³-hybridized carbons (Fsp3) is 0.368. The Bertz CT molecular complexity index is 823. The molecule has 1 unspecified atom stereocenters. The largest absolute Gasteiger partial charge is 0.459 e. The molecule has 1 atom stereocenters. The van der Waals surface area contributed by atoms with E-state index in [9.17, 15) is 4.79 Å². The van der Waals surface area contributed by atoms with Crippen LogP contribution in [0.3, 0.4) is 0 Å². The number of fused-ring (bicyclic) bond motifs is 1. The number of nitrogens with zero attached hydrogens (tertiary/aromatic N) is 2. The summed E-state index contributed by atoms with van der Waals surface area (Å²) in [5.74, 6) is 2.62. The van der Waals surface area contributed by atoms with Crippen molar-refractivity contribution in [2.45, 2.75) is 32.1 Å². The number of para-hydroxylation sites is 1. The highest BCUT2D eigenvalue weighted by Crippen LogP contribution is 2.27. The van der Waals surface area contributed by atoms with E-state index < -0.39 is 0 Å². The smallest absolute Gasteiger partial charge is 0.223 e. The number of rotatable bonds is 7. The van der Waals surface area contributed by atoms with Crippen LogP contribution in [0.15, 0.2) is 40.1 Å². The van der Waals surface area contributed by atoms with E-state index in [1.54, 1.807) is 28.0 Å². The second-order valence-electron chi connectivity index (χ2n) is 6.03. The van der Waals surface area contributed by atoms with E-state index in [0.717, 1.165) is 38.9 Å². The first-order chi connectivity index (χ1) is 12.0. The van der Waals surface area contributed by atoms with Gasteiger partial charge in [-0.15, -0.1) is 11.3 Å². The lowest BCUT2D eigenvalue weighted by molar-refractivity contribution is -0.131. The molecule has 1 amide bonds. The summed E-state index contributed by atoms with van der Waals surface area (Å²) in [6.45, 7) is 4.01. The van der Waals surface area contributed by atoms with Crippen molar-refractivity contribution >= 4 is 40.0 Å². The van der Waals surface area contributed by atoms with E-state index in [1.165, 1.54) is 0 Å². The lowest BCUT2D eigenvalue weighted by atomic mass is 10.2. The molecule has 4 nitrogen and oxygen atoms in total. The van der Waals surface area contributed by atoms with Crippen molar-refractivity contribution in [3.63, 3.8) is 0 Å². The molecule has 25 heavy (non-hydrogen) atoms. The Hall–Kier alpha value is -1.79. The van der Waals surface area contributed by atoms with Crippen LogP contribution in [0.5, 0.6) is 0 Å². The summed E-state index contributed by atoms with van der Waals surface area (Å²) < 4.78 is 5.88. The average Bonchev–Trinajstić information content (AvgIpc) is 3.23. The number of thioether (sulfide) groups is 1. The van der Waals surface area contributed by atoms with Gasteiger partial charge in [0.05, 0.1) is 16.7 Å². The second kappa shape index (κ2) is 8.06. The standard InChI is InChI=1S/C19H22N2O2S2/c1-13(18-10-15-6-4-5-7-17(15)23-18)21(3)19(22)8-9-24-11-16-12-25-14(2)20-16/h4-7,10,12-13H,8-9,11H2,1-3H3. The van der Waals surface area contributed by atoms with Crippen molar-refractivity contribution in [1.29, 1.82) is 0 Å². The molecule has 2 aromatic heterocycles. The Labute approximate surface area is 156 Å². The van der Waals surface area contributed by atoms with Crippen LogP contribution in [-0.2, 0) is 10.5 Å². The quantitative estimate of drug-likeness (QED) is 0.544. The first-order valence-electron chi connectivity index (χ1n) is 8.27. The van der Waals surface area contributed by atoms with Gasteiger partial charge in [-0.2, -0.15) is 11.8 Å². The van der Waals surface area contributed by atoms with Crippen molar-refractivity contribution in [2.24, 2.45) is 0 Å². The molecule has 0 fully saturated rings. The minimum atomic E-state index is -0.0777. The lowest BCUT2D eigenvalue weighted by Crippen LogP contribution is -2.29. The van der Waals surface area contributed by atoms with Crippen LogP contribution in [-0.4, -0.2) is 28.6 Å². The van der Waals surface area contributed by atoms with Crippen LogP contribution in [0, 0.1) is 6.92 Å².